The number of hydrogen-bond donors (Lipinski definition) is 2. The lowest BCUT2D eigenvalue weighted by Gasteiger charge is -2.47. The molecule has 0 radical (unpaired) electrons. The molecule has 2 N–H and O–H groups in total. The van der Waals surface area contributed by atoms with E-state index in [4.69, 9.17) is 0 Å². The molecule has 0 unspecified atom stereocenters. The number of carbonyl (C=O) groups excluding carboxylic acids is 1. The van der Waals surface area contributed by atoms with Crippen molar-refractivity contribution < 1.29 is 9.90 Å². The van der Waals surface area contributed by atoms with Crippen molar-refractivity contribution in [2.75, 3.05) is 19.6 Å². The molecule has 1 aromatic carbocycles. The number of fused-ring (bicyclic) bond motifs is 2. The molecule has 1 spiro atoms. The highest BCUT2D eigenvalue weighted by molar-refractivity contribution is 5.77. The molecule has 1 heterocycles. The smallest absolute Gasteiger partial charge is 0.223 e. The van der Waals surface area contributed by atoms with E-state index in [1.807, 2.05) is 0 Å². The predicted octanol–water partition coefficient (Wildman–Crippen LogP) is 4.18. The van der Waals surface area contributed by atoms with Gasteiger partial charge in [0, 0.05) is 0 Å². The molecule has 1 saturated heterocycles. The minimum atomic E-state index is -0.595. The molecule has 1 aliphatic carbocycles. The molecule has 4 nitrogen and oxygen atoms in total. The predicted molar refractivity (Wildman–Crippen MR) is 114 cm³/mol. The number of nitrogens with zero attached hydrogens (tertiary/aromatic N) is 1. The van der Waals surface area contributed by atoms with Crippen LogP contribution in [0, 0.1) is 5.41 Å². The maximum absolute atomic E-state index is 12.2. The summed E-state index contributed by atoms with van der Waals surface area (Å²) in [5.41, 5.74) is 3.39. The molecule has 3 rings (SSSR count). The maximum atomic E-state index is 12.2. The van der Waals surface area contributed by atoms with Crippen molar-refractivity contribution in [3.8, 4) is 0 Å². The first-order valence-electron chi connectivity index (χ1n) is 11.0. The quantitative estimate of drug-likeness (QED) is 0.798. The first-order valence-corrected chi connectivity index (χ1v) is 11.0. The summed E-state index contributed by atoms with van der Waals surface area (Å²) in [6.45, 7) is 12.2. The largest absolute Gasteiger partial charge is 0.393 e. The first-order chi connectivity index (χ1) is 13.2. The van der Waals surface area contributed by atoms with Crippen LogP contribution >= 0.6 is 0 Å². The van der Waals surface area contributed by atoms with Gasteiger partial charge in [0.2, 0.25) is 5.91 Å². The van der Waals surface area contributed by atoms with Crippen molar-refractivity contribution in [3.05, 3.63) is 35.4 Å². The van der Waals surface area contributed by atoms with Gasteiger partial charge in [-0.3, -0.25) is 4.79 Å². The van der Waals surface area contributed by atoms with Gasteiger partial charge >= 0.3 is 0 Å². The monoisotopic (exact) mass is 386 g/mol. The SMILES string of the molecule is C[C@@H](O)CC(=O)N[C@H]1CCC2(CCN(CCC(C)(C)C)CC2)c2ccccc21. The molecule has 1 fully saturated rings. The van der Waals surface area contributed by atoms with Crippen LogP contribution in [0.25, 0.3) is 0 Å². The molecule has 4 heteroatoms. The Kier molecular flexibility index (Phi) is 6.51. The number of aliphatic hydroxyl groups is 1. The van der Waals surface area contributed by atoms with Crippen LogP contribution in [-0.4, -0.2) is 41.7 Å². The summed E-state index contributed by atoms with van der Waals surface area (Å²) in [6, 6.07) is 8.78. The number of amides is 1. The van der Waals surface area contributed by atoms with Crippen LogP contribution in [0.5, 0.6) is 0 Å². The summed E-state index contributed by atoms with van der Waals surface area (Å²) in [4.78, 5) is 14.9. The van der Waals surface area contributed by atoms with E-state index in [1.54, 1.807) is 6.92 Å². The number of benzene rings is 1. The Bertz CT molecular complexity index is 669. The van der Waals surface area contributed by atoms with E-state index >= 15 is 0 Å². The van der Waals surface area contributed by atoms with E-state index in [2.05, 4.69) is 55.3 Å². The van der Waals surface area contributed by atoms with Crippen LogP contribution in [0.4, 0.5) is 0 Å². The zero-order valence-electron chi connectivity index (χ0n) is 18.1. The van der Waals surface area contributed by atoms with Gasteiger partial charge in [0.05, 0.1) is 18.6 Å². The summed E-state index contributed by atoms with van der Waals surface area (Å²) >= 11 is 0. The van der Waals surface area contributed by atoms with Gasteiger partial charge in [0.1, 0.15) is 0 Å². The van der Waals surface area contributed by atoms with Gasteiger partial charge in [-0.2, -0.15) is 0 Å². The van der Waals surface area contributed by atoms with E-state index in [-0.39, 0.29) is 23.8 Å². The lowest BCUT2D eigenvalue weighted by Crippen LogP contribution is -2.46. The normalized spacial score (nSPS) is 23.2. The summed E-state index contributed by atoms with van der Waals surface area (Å²) in [7, 11) is 0. The maximum Gasteiger partial charge on any atom is 0.223 e. The first kappa shape index (κ1) is 21.3. The van der Waals surface area contributed by atoms with E-state index < -0.39 is 6.10 Å². The minimum Gasteiger partial charge on any atom is -0.393 e. The van der Waals surface area contributed by atoms with Gasteiger partial charge in [-0.15, -0.1) is 0 Å². The van der Waals surface area contributed by atoms with Crippen molar-refractivity contribution in [2.45, 2.75) is 83.8 Å². The Balaban J connectivity index is 1.69. The van der Waals surface area contributed by atoms with Crippen molar-refractivity contribution >= 4 is 5.91 Å². The molecule has 156 valence electrons. The summed E-state index contributed by atoms with van der Waals surface area (Å²) < 4.78 is 0. The Labute approximate surface area is 170 Å². The molecule has 0 saturated carbocycles. The van der Waals surface area contributed by atoms with Gasteiger partial charge in [0.15, 0.2) is 0 Å². The third kappa shape index (κ3) is 5.15. The fourth-order valence-corrected chi connectivity index (χ4v) is 4.88. The molecule has 1 aliphatic heterocycles. The second-order valence-electron chi connectivity index (χ2n) is 10.2. The Morgan fingerprint density at radius 1 is 1.25 bits per heavy atom. The number of hydrogen-bond acceptors (Lipinski definition) is 3. The lowest BCUT2D eigenvalue weighted by atomic mass is 9.63. The third-order valence-electron chi connectivity index (χ3n) is 6.63. The molecule has 1 aromatic rings. The van der Waals surface area contributed by atoms with Crippen molar-refractivity contribution in [1.29, 1.82) is 0 Å². The molecular weight excluding hydrogens is 348 g/mol. The lowest BCUT2D eigenvalue weighted by molar-refractivity contribution is -0.123. The van der Waals surface area contributed by atoms with Crippen LogP contribution in [-0.2, 0) is 10.2 Å². The third-order valence-corrected chi connectivity index (χ3v) is 6.63. The van der Waals surface area contributed by atoms with Gasteiger partial charge in [-0.25, -0.2) is 0 Å². The summed E-state index contributed by atoms with van der Waals surface area (Å²) in [5, 5.41) is 12.7. The fourth-order valence-electron chi connectivity index (χ4n) is 4.88. The summed E-state index contributed by atoms with van der Waals surface area (Å²) in [6.07, 6.45) is 5.37. The Hall–Kier alpha value is -1.39. The van der Waals surface area contributed by atoms with E-state index in [0.29, 0.717) is 5.41 Å². The number of piperidine rings is 1. The van der Waals surface area contributed by atoms with Crippen molar-refractivity contribution in [3.63, 3.8) is 0 Å². The van der Waals surface area contributed by atoms with Crippen molar-refractivity contribution in [2.24, 2.45) is 5.41 Å². The molecule has 2 atom stereocenters. The van der Waals surface area contributed by atoms with E-state index in [0.717, 1.165) is 12.8 Å². The van der Waals surface area contributed by atoms with Crippen LogP contribution in [0.15, 0.2) is 24.3 Å². The highest BCUT2D eigenvalue weighted by Gasteiger charge is 2.42. The average molecular weight is 387 g/mol. The van der Waals surface area contributed by atoms with Gasteiger partial charge in [0.25, 0.3) is 0 Å². The Morgan fingerprint density at radius 3 is 2.57 bits per heavy atom. The van der Waals surface area contributed by atoms with Gasteiger partial charge in [-0.05, 0) is 80.6 Å². The number of aliphatic hydroxyl groups excluding tert-OH is 1. The van der Waals surface area contributed by atoms with Crippen LogP contribution in [0.2, 0.25) is 0 Å². The molecular formula is C24H38N2O2. The average Bonchev–Trinajstić information content (AvgIpc) is 2.63. The molecule has 0 bridgehead atoms. The Morgan fingerprint density at radius 2 is 1.93 bits per heavy atom. The fraction of sp³-hybridized carbons (Fsp3) is 0.708. The second kappa shape index (κ2) is 8.54. The van der Waals surface area contributed by atoms with Gasteiger partial charge in [-0.1, -0.05) is 45.0 Å². The minimum absolute atomic E-state index is 0.0530. The molecule has 0 aromatic heterocycles. The topological polar surface area (TPSA) is 52.6 Å². The highest BCUT2D eigenvalue weighted by atomic mass is 16.3. The number of nitrogens with one attached hydrogen (secondary N) is 1. The standard InChI is InChI=1S/C24H38N2O2/c1-18(27)17-22(28)25-21-9-10-24(20-8-6-5-7-19(20)21)12-15-26(16-13-24)14-11-23(2,3)4/h5-8,18,21,27H,9-17H2,1-4H3,(H,25,28)/t18-,21+/m1/s1. The van der Waals surface area contributed by atoms with E-state index in [1.165, 1.54) is 50.0 Å². The number of likely N-dealkylation sites (tertiary alicyclic amines) is 1. The summed E-state index contributed by atoms with van der Waals surface area (Å²) in [5.74, 6) is -0.0530. The van der Waals surface area contributed by atoms with E-state index in [9.17, 15) is 9.90 Å². The zero-order chi connectivity index (χ0) is 20.4. The van der Waals surface area contributed by atoms with Crippen LogP contribution in [0.3, 0.4) is 0 Å². The molecule has 28 heavy (non-hydrogen) atoms. The number of rotatable bonds is 5. The molecule has 2 aliphatic rings. The molecule has 1 amide bonds. The van der Waals surface area contributed by atoms with Crippen molar-refractivity contribution in [1.82, 2.24) is 10.2 Å². The zero-order valence-corrected chi connectivity index (χ0v) is 18.1. The van der Waals surface area contributed by atoms with Crippen LogP contribution in [0.1, 0.15) is 83.4 Å². The van der Waals surface area contributed by atoms with Gasteiger partial charge < -0.3 is 15.3 Å². The highest BCUT2D eigenvalue weighted by Crippen LogP contribution is 2.48. The number of carbonyl (C=O) groups is 1. The second-order valence-corrected chi connectivity index (χ2v) is 10.2. The van der Waals surface area contributed by atoms with Crippen LogP contribution < -0.4 is 5.32 Å².